The van der Waals surface area contributed by atoms with Gasteiger partial charge in [0.1, 0.15) is 17.2 Å². The fourth-order valence-electron chi connectivity index (χ4n) is 2.27. The van der Waals surface area contributed by atoms with Crippen molar-refractivity contribution < 1.29 is 13.8 Å². The number of methoxy groups -OCH3 is 1. The third-order valence-corrected chi connectivity index (χ3v) is 5.10. The van der Waals surface area contributed by atoms with E-state index in [9.17, 15) is 0 Å². The van der Waals surface area contributed by atoms with E-state index < -0.39 is 7.51 Å². The van der Waals surface area contributed by atoms with Gasteiger partial charge in [-0.25, -0.2) is 0 Å². The van der Waals surface area contributed by atoms with E-state index in [1.165, 1.54) is 0 Å². The maximum absolute atomic E-state index is 6.16. The van der Waals surface area contributed by atoms with E-state index in [1.807, 2.05) is 91.6 Å². The molecule has 0 aliphatic rings. The molecule has 0 bridgehead atoms. The fraction of sp³-hybridized carbons (Fsp3) is 0.100. The molecule has 3 rings (SSSR count). The highest BCUT2D eigenvalue weighted by molar-refractivity contribution is 7.56. The monoisotopic (exact) mass is 353 g/mol. The summed E-state index contributed by atoms with van der Waals surface area (Å²) >= 11 is 0. The third-order valence-electron chi connectivity index (χ3n) is 3.41. The SMILES string of the molecule is COc1ccc(N=P(C)(Oc2ccccc2)Oc2ccccc2)cc1. The highest BCUT2D eigenvalue weighted by atomic mass is 31.2. The Morgan fingerprint density at radius 3 is 1.56 bits per heavy atom. The zero-order valence-electron chi connectivity index (χ0n) is 14.2. The van der Waals surface area contributed by atoms with E-state index in [4.69, 9.17) is 18.5 Å². The zero-order chi connectivity index (χ0) is 17.5. The van der Waals surface area contributed by atoms with E-state index >= 15 is 0 Å². The van der Waals surface area contributed by atoms with Crippen LogP contribution in [0.2, 0.25) is 0 Å². The summed E-state index contributed by atoms with van der Waals surface area (Å²) in [6.45, 7) is 1.90. The molecule has 0 unspecified atom stereocenters. The highest BCUT2D eigenvalue weighted by Gasteiger charge is 2.19. The standard InChI is InChI=1S/C20H20NO3P/c1-22-18-15-13-17(14-16-18)21-25(2,23-19-9-5-3-6-10-19)24-20-11-7-4-8-12-20/h3-16H,1-2H3. The molecule has 0 atom stereocenters. The van der Waals surface area contributed by atoms with Gasteiger partial charge in [-0.2, -0.15) is 4.74 Å². The molecule has 4 nitrogen and oxygen atoms in total. The van der Waals surface area contributed by atoms with Crippen molar-refractivity contribution in [2.24, 2.45) is 4.74 Å². The Morgan fingerprint density at radius 1 is 0.640 bits per heavy atom. The Bertz CT molecular complexity index is 804. The maximum Gasteiger partial charge on any atom is 0.316 e. The first-order valence-corrected chi connectivity index (χ1v) is 9.92. The van der Waals surface area contributed by atoms with E-state index in [0.717, 1.165) is 22.9 Å². The summed E-state index contributed by atoms with van der Waals surface area (Å²) in [5, 5.41) is 0. The van der Waals surface area contributed by atoms with Crippen LogP contribution in [0, 0.1) is 0 Å². The van der Waals surface area contributed by atoms with Crippen LogP contribution in [0.15, 0.2) is 89.7 Å². The molecule has 0 aliphatic heterocycles. The van der Waals surface area contributed by atoms with E-state index in [-0.39, 0.29) is 0 Å². The lowest BCUT2D eigenvalue weighted by Gasteiger charge is -2.22. The summed E-state index contributed by atoms with van der Waals surface area (Å²) in [4.78, 5) is 0. The fourth-order valence-corrected chi connectivity index (χ4v) is 3.97. The number of para-hydroxylation sites is 2. The Labute approximate surface area is 148 Å². The molecule has 0 fully saturated rings. The van der Waals surface area contributed by atoms with Crippen LogP contribution in [0.3, 0.4) is 0 Å². The third kappa shape index (κ3) is 4.88. The van der Waals surface area contributed by atoms with Crippen molar-refractivity contribution in [1.29, 1.82) is 0 Å². The Hall–Kier alpha value is -2.71. The number of ether oxygens (including phenoxy) is 1. The normalized spacial score (nSPS) is 10.8. The molecule has 3 aromatic carbocycles. The minimum Gasteiger partial charge on any atom is -0.497 e. The predicted octanol–water partition coefficient (Wildman–Crippen LogP) is 6.15. The molecule has 0 radical (unpaired) electrons. The van der Waals surface area contributed by atoms with Gasteiger partial charge in [0.05, 0.1) is 12.8 Å². The molecule has 0 saturated carbocycles. The smallest absolute Gasteiger partial charge is 0.316 e. The van der Waals surface area contributed by atoms with Crippen LogP contribution in [0.5, 0.6) is 17.2 Å². The maximum atomic E-state index is 6.16. The van der Waals surface area contributed by atoms with Gasteiger partial charge in [0, 0.05) is 6.66 Å². The summed E-state index contributed by atoms with van der Waals surface area (Å²) < 4.78 is 22.3. The lowest BCUT2D eigenvalue weighted by atomic mass is 10.3. The van der Waals surface area contributed by atoms with E-state index in [0.29, 0.717) is 0 Å². The van der Waals surface area contributed by atoms with Gasteiger partial charge in [0.25, 0.3) is 0 Å². The van der Waals surface area contributed by atoms with Gasteiger partial charge in [-0.3, -0.25) is 0 Å². The van der Waals surface area contributed by atoms with Crippen molar-refractivity contribution >= 4 is 13.2 Å². The van der Waals surface area contributed by atoms with Crippen molar-refractivity contribution in [2.45, 2.75) is 0 Å². The van der Waals surface area contributed by atoms with Gasteiger partial charge < -0.3 is 13.8 Å². The molecule has 0 aromatic heterocycles. The molecular weight excluding hydrogens is 333 g/mol. The van der Waals surface area contributed by atoms with Crippen molar-refractivity contribution in [3.05, 3.63) is 84.9 Å². The van der Waals surface area contributed by atoms with E-state index in [2.05, 4.69) is 0 Å². The first-order valence-electron chi connectivity index (χ1n) is 7.90. The zero-order valence-corrected chi connectivity index (χ0v) is 15.1. The van der Waals surface area contributed by atoms with Crippen LogP contribution in [0.25, 0.3) is 0 Å². The number of hydrogen-bond acceptors (Lipinski definition) is 4. The summed E-state index contributed by atoms with van der Waals surface area (Å²) in [5.74, 6) is 2.24. The number of hydrogen-bond donors (Lipinski definition) is 0. The average Bonchev–Trinajstić information content (AvgIpc) is 2.64. The van der Waals surface area contributed by atoms with Gasteiger partial charge in [0.2, 0.25) is 0 Å². The summed E-state index contributed by atoms with van der Waals surface area (Å²) in [7, 11) is -0.935. The predicted molar refractivity (Wildman–Crippen MR) is 102 cm³/mol. The Kier molecular flexibility index (Phi) is 5.42. The van der Waals surface area contributed by atoms with Gasteiger partial charge >= 0.3 is 7.51 Å². The lowest BCUT2D eigenvalue weighted by molar-refractivity contribution is 0.415. The minimum absolute atomic E-state index is 0.728. The van der Waals surface area contributed by atoms with E-state index in [1.54, 1.807) is 7.11 Å². The molecule has 0 spiro atoms. The molecule has 0 aliphatic carbocycles. The molecule has 3 aromatic rings. The minimum atomic E-state index is -2.57. The van der Waals surface area contributed by atoms with Gasteiger partial charge in [-0.15, -0.1) is 0 Å². The number of benzene rings is 3. The second kappa shape index (κ2) is 7.91. The topological polar surface area (TPSA) is 40.0 Å². The van der Waals surface area contributed by atoms with Gasteiger partial charge in [-0.05, 0) is 48.5 Å². The molecule has 25 heavy (non-hydrogen) atoms. The molecule has 5 heteroatoms. The second-order valence-corrected chi connectivity index (χ2v) is 7.58. The Morgan fingerprint density at radius 2 is 1.12 bits per heavy atom. The van der Waals surface area contributed by atoms with Crippen LogP contribution < -0.4 is 13.8 Å². The number of rotatable bonds is 6. The van der Waals surface area contributed by atoms with Crippen LogP contribution in [-0.2, 0) is 0 Å². The van der Waals surface area contributed by atoms with Crippen LogP contribution >= 0.6 is 7.51 Å². The van der Waals surface area contributed by atoms with Gasteiger partial charge in [0.15, 0.2) is 0 Å². The van der Waals surface area contributed by atoms with Crippen LogP contribution in [0.1, 0.15) is 0 Å². The summed E-state index contributed by atoms with van der Waals surface area (Å²) in [6.07, 6.45) is 0. The van der Waals surface area contributed by atoms with Crippen LogP contribution in [-0.4, -0.2) is 13.8 Å². The highest BCUT2D eigenvalue weighted by Crippen LogP contribution is 2.50. The van der Waals surface area contributed by atoms with Crippen LogP contribution in [0.4, 0.5) is 5.69 Å². The summed E-state index contributed by atoms with van der Waals surface area (Å²) in [6, 6.07) is 26.7. The van der Waals surface area contributed by atoms with Gasteiger partial charge in [-0.1, -0.05) is 36.4 Å². The molecule has 0 N–H and O–H groups in total. The molecule has 128 valence electrons. The molecule has 0 heterocycles. The van der Waals surface area contributed by atoms with Crippen molar-refractivity contribution in [3.63, 3.8) is 0 Å². The largest absolute Gasteiger partial charge is 0.497 e. The van der Waals surface area contributed by atoms with Crippen molar-refractivity contribution in [2.75, 3.05) is 13.8 Å². The first kappa shape index (κ1) is 17.1. The first-order chi connectivity index (χ1) is 12.2. The molecular formula is C20H20NO3P. The number of nitrogens with zero attached hydrogens (tertiary/aromatic N) is 1. The molecule has 0 amide bonds. The quantitative estimate of drug-likeness (QED) is 0.499. The average molecular weight is 353 g/mol. The lowest BCUT2D eigenvalue weighted by Crippen LogP contribution is -1.99. The Balaban J connectivity index is 1.96. The molecule has 0 saturated heterocycles. The van der Waals surface area contributed by atoms with Crippen molar-refractivity contribution in [3.8, 4) is 17.2 Å². The summed E-state index contributed by atoms with van der Waals surface area (Å²) in [5.41, 5.74) is 0.781. The second-order valence-electron chi connectivity index (χ2n) is 5.41. The van der Waals surface area contributed by atoms with Crippen molar-refractivity contribution in [1.82, 2.24) is 0 Å².